The zero-order valence-corrected chi connectivity index (χ0v) is 8.66. The fraction of sp³-hybridized carbons (Fsp3) is 0.500. The Morgan fingerprint density at radius 2 is 2.53 bits per heavy atom. The van der Waals surface area contributed by atoms with Crippen LogP contribution in [0.3, 0.4) is 0 Å². The van der Waals surface area contributed by atoms with E-state index in [0.717, 1.165) is 0 Å². The maximum absolute atomic E-state index is 11.9. The number of amides is 1. The van der Waals surface area contributed by atoms with Crippen LogP contribution in [0.4, 0.5) is 0 Å². The third kappa shape index (κ3) is 1.71. The average molecular weight is 206 g/mol. The third-order valence-corrected chi connectivity index (χ3v) is 2.78. The molecule has 1 saturated heterocycles. The molecule has 1 fully saturated rings. The van der Waals surface area contributed by atoms with Crippen molar-refractivity contribution in [2.24, 2.45) is 11.1 Å². The number of carbonyl (C=O) groups excluding carboxylic acids is 1. The molecule has 0 aromatic rings. The van der Waals surface area contributed by atoms with Crippen LogP contribution in [0, 0.1) is 22.2 Å². The van der Waals surface area contributed by atoms with Crippen LogP contribution in [0.5, 0.6) is 0 Å². The molecule has 1 rings (SSSR count). The first-order valence-electron chi connectivity index (χ1n) is 4.81. The van der Waals surface area contributed by atoms with Crippen molar-refractivity contribution in [3.8, 4) is 6.07 Å². The van der Waals surface area contributed by atoms with E-state index >= 15 is 0 Å². The molecule has 0 aromatic heterocycles. The highest BCUT2D eigenvalue weighted by Crippen LogP contribution is 2.34. The van der Waals surface area contributed by atoms with E-state index in [-0.39, 0.29) is 11.7 Å². The van der Waals surface area contributed by atoms with Crippen LogP contribution in [0.1, 0.15) is 19.8 Å². The van der Waals surface area contributed by atoms with Gasteiger partial charge in [-0.3, -0.25) is 15.1 Å². The summed E-state index contributed by atoms with van der Waals surface area (Å²) in [6, 6.07) is 2.06. The van der Waals surface area contributed by atoms with E-state index in [9.17, 15) is 4.79 Å². The first-order chi connectivity index (χ1) is 7.11. The highest BCUT2D eigenvalue weighted by Gasteiger charge is 2.46. The van der Waals surface area contributed by atoms with E-state index in [2.05, 4.69) is 6.07 Å². The molecule has 0 aromatic carbocycles. The fourth-order valence-corrected chi connectivity index (χ4v) is 1.69. The SMILES string of the molecule is CC[C@]1(C#N)CCN(C(=N)/C=C\N)C1=O. The van der Waals surface area contributed by atoms with Crippen LogP contribution < -0.4 is 5.73 Å². The number of amidine groups is 1. The molecule has 1 aliphatic heterocycles. The van der Waals surface area contributed by atoms with Crippen LogP contribution >= 0.6 is 0 Å². The molecule has 3 N–H and O–H groups in total. The van der Waals surface area contributed by atoms with Gasteiger partial charge in [-0.2, -0.15) is 5.26 Å². The molecule has 0 bridgehead atoms. The third-order valence-electron chi connectivity index (χ3n) is 2.78. The minimum absolute atomic E-state index is 0.0491. The van der Waals surface area contributed by atoms with Gasteiger partial charge in [0.1, 0.15) is 11.3 Å². The van der Waals surface area contributed by atoms with E-state index in [1.165, 1.54) is 17.2 Å². The summed E-state index contributed by atoms with van der Waals surface area (Å²) >= 11 is 0. The number of likely N-dealkylation sites (tertiary alicyclic amines) is 1. The van der Waals surface area contributed by atoms with Crippen molar-refractivity contribution < 1.29 is 4.79 Å². The molecule has 0 aliphatic carbocycles. The van der Waals surface area contributed by atoms with Gasteiger partial charge in [0.15, 0.2) is 0 Å². The lowest BCUT2D eigenvalue weighted by molar-refractivity contribution is -0.130. The van der Waals surface area contributed by atoms with Gasteiger partial charge in [0.25, 0.3) is 0 Å². The van der Waals surface area contributed by atoms with Gasteiger partial charge in [0.2, 0.25) is 5.91 Å². The topological polar surface area (TPSA) is 94.0 Å². The van der Waals surface area contributed by atoms with Gasteiger partial charge >= 0.3 is 0 Å². The highest BCUT2D eigenvalue weighted by molar-refractivity contribution is 6.06. The lowest BCUT2D eigenvalue weighted by atomic mass is 9.85. The van der Waals surface area contributed by atoms with Crippen LogP contribution in [0.2, 0.25) is 0 Å². The second-order valence-electron chi connectivity index (χ2n) is 3.50. The van der Waals surface area contributed by atoms with E-state index in [1.807, 2.05) is 6.92 Å². The zero-order valence-electron chi connectivity index (χ0n) is 8.66. The number of nitrogens with one attached hydrogen (secondary N) is 1. The summed E-state index contributed by atoms with van der Waals surface area (Å²) in [6.45, 7) is 2.23. The Morgan fingerprint density at radius 1 is 1.87 bits per heavy atom. The summed E-state index contributed by atoms with van der Waals surface area (Å²) in [5.74, 6) is -0.233. The first-order valence-corrected chi connectivity index (χ1v) is 4.81. The quantitative estimate of drug-likeness (QED) is 0.511. The molecular weight excluding hydrogens is 192 g/mol. The van der Waals surface area contributed by atoms with Gasteiger partial charge < -0.3 is 5.73 Å². The second-order valence-corrected chi connectivity index (χ2v) is 3.50. The predicted octanol–water partition coefficient (Wildman–Crippen LogP) is 0.588. The Hall–Kier alpha value is -1.83. The standard InChI is InChI=1S/C10H14N4O/c1-2-10(7-12)4-6-14(9(10)15)8(13)3-5-11/h3,5,13H,2,4,6,11H2,1H3/b5-3-,13-8?/t10-/m1/s1. The number of nitrogens with two attached hydrogens (primary N) is 1. The molecule has 80 valence electrons. The van der Waals surface area contributed by atoms with E-state index in [0.29, 0.717) is 19.4 Å². The Morgan fingerprint density at radius 3 is 2.93 bits per heavy atom. The van der Waals surface area contributed by atoms with Crippen molar-refractivity contribution in [3.05, 3.63) is 12.3 Å². The van der Waals surface area contributed by atoms with Crippen molar-refractivity contribution >= 4 is 11.7 Å². The number of nitriles is 1. The Kier molecular flexibility index (Phi) is 3.10. The van der Waals surface area contributed by atoms with Crippen molar-refractivity contribution in [2.45, 2.75) is 19.8 Å². The molecule has 1 aliphatic rings. The van der Waals surface area contributed by atoms with Crippen molar-refractivity contribution in [2.75, 3.05) is 6.54 Å². The number of hydrogen-bond acceptors (Lipinski definition) is 4. The molecule has 5 nitrogen and oxygen atoms in total. The molecule has 1 amide bonds. The van der Waals surface area contributed by atoms with E-state index in [4.69, 9.17) is 16.4 Å². The lowest BCUT2D eigenvalue weighted by Gasteiger charge is -2.18. The average Bonchev–Trinajstić information content (AvgIpc) is 2.57. The molecule has 5 heteroatoms. The molecular formula is C10H14N4O. The predicted molar refractivity (Wildman–Crippen MR) is 55.7 cm³/mol. The molecule has 0 unspecified atom stereocenters. The van der Waals surface area contributed by atoms with Gasteiger partial charge in [-0.1, -0.05) is 6.92 Å². The van der Waals surface area contributed by atoms with Crippen LogP contribution in [-0.2, 0) is 4.79 Å². The molecule has 15 heavy (non-hydrogen) atoms. The fourth-order valence-electron chi connectivity index (χ4n) is 1.69. The number of rotatable bonds is 2. The van der Waals surface area contributed by atoms with Gasteiger partial charge in [-0.05, 0) is 25.1 Å². The zero-order chi connectivity index (χ0) is 11.5. The van der Waals surface area contributed by atoms with Gasteiger partial charge in [-0.15, -0.1) is 0 Å². The van der Waals surface area contributed by atoms with Crippen molar-refractivity contribution in [3.63, 3.8) is 0 Å². The minimum Gasteiger partial charge on any atom is -0.404 e. The minimum atomic E-state index is -0.936. The maximum atomic E-state index is 11.9. The summed E-state index contributed by atoms with van der Waals surface area (Å²) in [5, 5.41) is 16.6. The first kappa shape index (κ1) is 11.2. The van der Waals surface area contributed by atoms with E-state index < -0.39 is 5.41 Å². The normalized spacial score (nSPS) is 25.9. The van der Waals surface area contributed by atoms with Crippen molar-refractivity contribution in [1.29, 1.82) is 10.7 Å². The summed E-state index contributed by atoms with van der Waals surface area (Å²) in [6.07, 6.45) is 3.53. The summed E-state index contributed by atoms with van der Waals surface area (Å²) in [5.41, 5.74) is 4.21. The lowest BCUT2D eigenvalue weighted by Crippen LogP contribution is -2.36. The van der Waals surface area contributed by atoms with Gasteiger partial charge in [0.05, 0.1) is 6.07 Å². The molecule has 0 spiro atoms. The number of hydrogen-bond donors (Lipinski definition) is 2. The second kappa shape index (κ2) is 4.13. The van der Waals surface area contributed by atoms with Gasteiger partial charge in [0, 0.05) is 6.54 Å². The van der Waals surface area contributed by atoms with E-state index in [1.54, 1.807) is 0 Å². The Balaban J connectivity index is 2.90. The molecule has 0 saturated carbocycles. The number of carbonyl (C=O) groups is 1. The maximum Gasteiger partial charge on any atom is 0.248 e. The number of nitrogens with zero attached hydrogens (tertiary/aromatic N) is 2. The van der Waals surface area contributed by atoms with Gasteiger partial charge in [-0.25, -0.2) is 0 Å². The van der Waals surface area contributed by atoms with Crippen molar-refractivity contribution in [1.82, 2.24) is 4.90 Å². The smallest absolute Gasteiger partial charge is 0.248 e. The van der Waals surface area contributed by atoms with Crippen LogP contribution in [-0.4, -0.2) is 23.2 Å². The summed E-state index contributed by atoms with van der Waals surface area (Å²) < 4.78 is 0. The summed E-state index contributed by atoms with van der Waals surface area (Å²) in [4.78, 5) is 13.2. The highest BCUT2D eigenvalue weighted by atomic mass is 16.2. The molecule has 0 radical (unpaired) electrons. The Bertz CT molecular complexity index is 355. The molecule has 1 heterocycles. The summed E-state index contributed by atoms with van der Waals surface area (Å²) in [7, 11) is 0. The largest absolute Gasteiger partial charge is 0.404 e. The Labute approximate surface area is 88.7 Å². The van der Waals surface area contributed by atoms with Crippen LogP contribution in [0.25, 0.3) is 0 Å². The van der Waals surface area contributed by atoms with Crippen LogP contribution in [0.15, 0.2) is 12.3 Å². The molecule has 1 atom stereocenters. The monoisotopic (exact) mass is 206 g/mol.